The predicted molar refractivity (Wildman–Crippen MR) is 92.7 cm³/mol. The zero-order chi connectivity index (χ0) is 17.0. The van der Waals surface area contributed by atoms with E-state index in [-0.39, 0.29) is 23.2 Å². The fourth-order valence-electron chi connectivity index (χ4n) is 3.48. The number of rotatable bonds is 5. The van der Waals surface area contributed by atoms with Crippen molar-refractivity contribution in [1.29, 1.82) is 0 Å². The van der Waals surface area contributed by atoms with Crippen LogP contribution in [0.3, 0.4) is 0 Å². The molecule has 2 aromatic carbocycles. The maximum atomic E-state index is 13.3. The van der Waals surface area contributed by atoms with Gasteiger partial charge in [0.1, 0.15) is 5.82 Å². The SMILES string of the molecule is NC(=O)C1CC([CH]Cc2ccccc2)(c2ccc(F)cc2)CCN1. The number of hydrogen-bond acceptors (Lipinski definition) is 2. The molecule has 4 heteroatoms. The summed E-state index contributed by atoms with van der Waals surface area (Å²) < 4.78 is 13.3. The van der Waals surface area contributed by atoms with Crippen LogP contribution in [0.25, 0.3) is 0 Å². The van der Waals surface area contributed by atoms with Gasteiger partial charge in [-0.15, -0.1) is 0 Å². The van der Waals surface area contributed by atoms with Gasteiger partial charge in [0.2, 0.25) is 5.91 Å². The molecule has 0 bridgehead atoms. The Morgan fingerprint density at radius 1 is 1.21 bits per heavy atom. The monoisotopic (exact) mass is 325 g/mol. The van der Waals surface area contributed by atoms with Crippen LogP contribution in [0.1, 0.15) is 24.0 Å². The minimum atomic E-state index is -0.365. The second-order valence-corrected chi connectivity index (χ2v) is 6.42. The summed E-state index contributed by atoms with van der Waals surface area (Å²) >= 11 is 0. The Kier molecular flexibility index (Phi) is 4.95. The van der Waals surface area contributed by atoms with Crippen molar-refractivity contribution in [3.05, 3.63) is 78.0 Å². The first-order chi connectivity index (χ1) is 11.6. The molecule has 125 valence electrons. The molecule has 2 unspecified atom stereocenters. The van der Waals surface area contributed by atoms with E-state index in [1.165, 1.54) is 17.7 Å². The number of benzene rings is 2. The van der Waals surface area contributed by atoms with Gasteiger partial charge in [-0.1, -0.05) is 42.5 Å². The minimum absolute atomic E-state index is 0.252. The fraction of sp³-hybridized carbons (Fsp3) is 0.300. The lowest BCUT2D eigenvalue weighted by atomic mass is 9.67. The number of carbonyl (C=O) groups is 1. The summed E-state index contributed by atoms with van der Waals surface area (Å²) in [5, 5.41) is 3.18. The predicted octanol–water partition coefficient (Wildman–Crippen LogP) is 2.75. The molecule has 2 aromatic rings. The van der Waals surface area contributed by atoms with Gasteiger partial charge in [-0.25, -0.2) is 4.39 Å². The van der Waals surface area contributed by atoms with E-state index in [0.29, 0.717) is 13.0 Å². The highest BCUT2D eigenvalue weighted by Gasteiger charge is 2.39. The molecule has 1 fully saturated rings. The summed E-state index contributed by atoms with van der Waals surface area (Å²) in [7, 11) is 0. The van der Waals surface area contributed by atoms with E-state index in [1.807, 2.05) is 30.3 Å². The van der Waals surface area contributed by atoms with Crippen LogP contribution >= 0.6 is 0 Å². The van der Waals surface area contributed by atoms with E-state index in [1.54, 1.807) is 0 Å². The molecule has 1 radical (unpaired) electrons. The van der Waals surface area contributed by atoms with Crippen LogP contribution in [0.4, 0.5) is 4.39 Å². The third kappa shape index (κ3) is 3.65. The lowest BCUT2D eigenvalue weighted by molar-refractivity contribution is -0.121. The molecule has 3 rings (SSSR count). The molecule has 1 saturated heterocycles. The van der Waals surface area contributed by atoms with Gasteiger partial charge in [0.25, 0.3) is 0 Å². The van der Waals surface area contributed by atoms with Crippen molar-refractivity contribution in [2.24, 2.45) is 5.73 Å². The quantitative estimate of drug-likeness (QED) is 0.888. The number of carbonyl (C=O) groups excluding carboxylic acids is 1. The summed E-state index contributed by atoms with van der Waals surface area (Å²) in [6.45, 7) is 0.705. The Bertz CT molecular complexity index is 687. The number of nitrogens with two attached hydrogens (primary N) is 1. The molecule has 1 aliphatic heterocycles. The van der Waals surface area contributed by atoms with Gasteiger partial charge in [-0.05, 0) is 55.5 Å². The van der Waals surface area contributed by atoms with E-state index in [9.17, 15) is 9.18 Å². The van der Waals surface area contributed by atoms with Gasteiger partial charge in [0.05, 0.1) is 6.04 Å². The Morgan fingerprint density at radius 3 is 2.58 bits per heavy atom. The number of hydrogen-bond donors (Lipinski definition) is 2. The fourth-order valence-corrected chi connectivity index (χ4v) is 3.48. The number of halogens is 1. The maximum absolute atomic E-state index is 13.3. The summed E-state index contributed by atoms with van der Waals surface area (Å²) in [4.78, 5) is 11.7. The third-order valence-corrected chi connectivity index (χ3v) is 4.86. The van der Waals surface area contributed by atoms with Crippen molar-refractivity contribution in [3.63, 3.8) is 0 Å². The first-order valence-electron chi connectivity index (χ1n) is 8.26. The second-order valence-electron chi connectivity index (χ2n) is 6.42. The number of primary amides is 1. The molecule has 24 heavy (non-hydrogen) atoms. The molecule has 0 saturated carbocycles. The summed E-state index contributed by atoms with van der Waals surface area (Å²) in [6.07, 6.45) is 4.51. The lowest BCUT2D eigenvalue weighted by Crippen LogP contribution is -2.52. The standard InChI is InChI=1S/C20H22FN2O/c21-17-8-6-16(7-9-17)20(11-10-15-4-2-1-3-5-15)12-13-23-18(14-20)19(22)24/h1-9,11,18,23H,10,12-14H2,(H2,22,24). The summed E-state index contributed by atoms with van der Waals surface area (Å²) in [5.74, 6) is -0.591. The third-order valence-electron chi connectivity index (χ3n) is 4.86. The van der Waals surface area contributed by atoms with Crippen molar-refractivity contribution in [2.45, 2.75) is 30.7 Å². The van der Waals surface area contributed by atoms with Crippen LogP contribution in [0.5, 0.6) is 0 Å². The van der Waals surface area contributed by atoms with Gasteiger partial charge >= 0.3 is 0 Å². The van der Waals surface area contributed by atoms with E-state index in [4.69, 9.17) is 5.73 Å². The zero-order valence-corrected chi connectivity index (χ0v) is 13.5. The highest BCUT2D eigenvalue weighted by atomic mass is 19.1. The zero-order valence-electron chi connectivity index (χ0n) is 13.5. The van der Waals surface area contributed by atoms with Crippen molar-refractivity contribution in [1.82, 2.24) is 5.32 Å². The Hall–Kier alpha value is -2.20. The Morgan fingerprint density at radius 2 is 1.92 bits per heavy atom. The van der Waals surface area contributed by atoms with Crippen molar-refractivity contribution in [3.8, 4) is 0 Å². The molecule has 3 nitrogen and oxygen atoms in total. The molecule has 3 N–H and O–H groups in total. The van der Waals surface area contributed by atoms with Gasteiger partial charge in [0.15, 0.2) is 0 Å². The average Bonchev–Trinajstić information content (AvgIpc) is 2.61. The van der Waals surface area contributed by atoms with Crippen LogP contribution in [-0.2, 0) is 16.6 Å². The highest BCUT2D eigenvalue weighted by Crippen LogP contribution is 2.39. The van der Waals surface area contributed by atoms with E-state index in [2.05, 4.69) is 23.9 Å². The molecular formula is C20H22FN2O. The summed E-state index contributed by atoms with van der Waals surface area (Å²) in [5.41, 5.74) is 7.49. The van der Waals surface area contributed by atoms with Crippen LogP contribution < -0.4 is 11.1 Å². The maximum Gasteiger partial charge on any atom is 0.234 e. The molecular weight excluding hydrogens is 303 g/mol. The van der Waals surface area contributed by atoms with E-state index >= 15 is 0 Å². The van der Waals surface area contributed by atoms with Gasteiger partial charge in [-0.3, -0.25) is 4.79 Å². The van der Waals surface area contributed by atoms with Gasteiger partial charge in [-0.2, -0.15) is 0 Å². The first-order valence-corrected chi connectivity index (χ1v) is 8.26. The summed E-state index contributed by atoms with van der Waals surface area (Å²) in [6, 6.07) is 16.4. The van der Waals surface area contributed by atoms with E-state index in [0.717, 1.165) is 18.4 Å². The molecule has 0 aromatic heterocycles. The molecule has 0 spiro atoms. The van der Waals surface area contributed by atoms with E-state index < -0.39 is 0 Å². The smallest absolute Gasteiger partial charge is 0.234 e. The van der Waals surface area contributed by atoms with Crippen LogP contribution in [-0.4, -0.2) is 18.5 Å². The van der Waals surface area contributed by atoms with Crippen LogP contribution in [0.15, 0.2) is 54.6 Å². The topological polar surface area (TPSA) is 55.1 Å². The molecule has 2 atom stereocenters. The molecule has 1 aliphatic rings. The average molecular weight is 325 g/mol. The second kappa shape index (κ2) is 7.14. The van der Waals surface area contributed by atoms with Crippen molar-refractivity contribution in [2.75, 3.05) is 6.54 Å². The van der Waals surface area contributed by atoms with Crippen LogP contribution in [0.2, 0.25) is 0 Å². The normalized spacial score (nSPS) is 23.8. The van der Waals surface area contributed by atoms with Crippen molar-refractivity contribution >= 4 is 5.91 Å². The molecule has 1 heterocycles. The Balaban J connectivity index is 1.88. The molecule has 0 aliphatic carbocycles. The van der Waals surface area contributed by atoms with Crippen LogP contribution in [0, 0.1) is 12.2 Å². The number of piperidine rings is 1. The highest BCUT2D eigenvalue weighted by molar-refractivity contribution is 5.80. The molecule has 1 amide bonds. The number of nitrogens with one attached hydrogen (secondary N) is 1. The number of amides is 1. The van der Waals surface area contributed by atoms with Gasteiger partial charge in [0, 0.05) is 5.41 Å². The Labute approximate surface area is 142 Å². The van der Waals surface area contributed by atoms with Gasteiger partial charge < -0.3 is 11.1 Å². The largest absolute Gasteiger partial charge is 0.368 e. The first kappa shape index (κ1) is 16.7. The van der Waals surface area contributed by atoms with Crippen molar-refractivity contribution < 1.29 is 9.18 Å². The lowest BCUT2D eigenvalue weighted by Gasteiger charge is -2.41. The minimum Gasteiger partial charge on any atom is -0.368 e.